The molecule has 0 spiro atoms. The van der Waals surface area contributed by atoms with Crippen molar-refractivity contribution in [2.24, 2.45) is 0 Å². The Hall–Kier alpha value is -1.55. The van der Waals surface area contributed by atoms with Crippen LogP contribution in [0.3, 0.4) is 0 Å². The Kier molecular flexibility index (Phi) is 3.64. The minimum absolute atomic E-state index is 0.0395. The van der Waals surface area contributed by atoms with Gasteiger partial charge in [0.2, 0.25) is 5.91 Å². The Bertz CT molecular complexity index is 411. The Morgan fingerprint density at radius 3 is 2.94 bits per heavy atom. The van der Waals surface area contributed by atoms with Gasteiger partial charge in [-0.25, -0.2) is 0 Å². The van der Waals surface area contributed by atoms with Crippen molar-refractivity contribution in [1.82, 2.24) is 5.32 Å². The fraction of sp³-hybridized carbons (Fsp3) is 0.462. The maximum atomic E-state index is 11.0. The van der Waals surface area contributed by atoms with Gasteiger partial charge in [0.15, 0.2) is 0 Å². The molecule has 1 saturated heterocycles. The first-order chi connectivity index (χ1) is 8.15. The van der Waals surface area contributed by atoms with E-state index < -0.39 is 0 Å². The minimum Gasteiger partial charge on any atom is -0.381 e. The van der Waals surface area contributed by atoms with Crippen LogP contribution in [0.5, 0.6) is 0 Å². The van der Waals surface area contributed by atoms with E-state index in [-0.39, 0.29) is 5.91 Å². The number of hydrogen-bond donors (Lipinski definition) is 3. The quantitative estimate of drug-likeness (QED) is 0.745. The maximum Gasteiger partial charge on any atom is 0.221 e. The van der Waals surface area contributed by atoms with Crippen LogP contribution in [0.25, 0.3) is 0 Å². The highest BCUT2D eigenvalue weighted by atomic mass is 16.1. The molecule has 1 aromatic rings. The van der Waals surface area contributed by atoms with E-state index >= 15 is 0 Å². The standard InChI is InChI=1S/C13H19N3O/c1-9-3-4-11(15-10(2)17)7-13(9)16-12-5-6-14-8-12/h3-4,7,12,14,16H,5-6,8H2,1-2H3,(H,15,17). The maximum absolute atomic E-state index is 11.0. The van der Waals surface area contributed by atoms with Gasteiger partial charge in [0.1, 0.15) is 0 Å². The number of rotatable bonds is 3. The summed E-state index contributed by atoms with van der Waals surface area (Å²) in [5.41, 5.74) is 3.15. The van der Waals surface area contributed by atoms with Gasteiger partial charge in [-0.3, -0.25) is 4.79 Å². The Balaban J connectivity index is 2.10. The topological polar surface area (TPSA) is 53.2 Å². The van der Waals surface area contributed by atoms with Gasteiger partial charge >= 0.3 is 0 Å². The molecule has 1 heterocycles. The molecule has 1 unspecified atom stereocenters. The predicted octanol–water partition coefficient (Wildman–Crippen LogP) is 1.73. The van der Waals surface area contributed by atoms with Crippen molar-refractivity contribution in [2.75, 3.05) is 23.7 Å². The van der Waals surface area contributed by atoms with Gasteiger partial charge < -0.3 is 16.0 Å². The molecule has 0 saturated carbocycles. The zero-order chi connectivity index (χ0) is 12.3. The van der Waals surface area contributed by atoms with Gasteiger partial charge in [-0.1, -0.05) is 6.07 Å². The van der Waals surface area contributed by atoms with Crippen molar-refractivity contribution in [3.05, 3.63) is 23.8 Å². The summed E-state index contributed by atoms with van der Waals surface area (Å²) in [5, 5.41) is 9.64. The number of nitrogens with one attached hydrogen (secondary N) is 3. The van der Waals surface area contributed by atoms with Crippen LogP contribution in [0.1, 0.15) is 18.9 Å². The Morgan fingerprint density at radius 1 is 1.47 bits per heavy atom. The molecule has 1 aromatic carbocycles. The molecule has 4 nitrogen and oxygen atoms in total. The van der Waals surface area contributed by atoms with Crippen LogP contribution in [0, 0.1) is 6.92 Å². The molecule has 0 aromatic heterocycles. The molecular weight excluding hydrogens is 214 g/mol. The summed E-state index contributed by atoms with van der Waals surface area (Å²) in [6.45, 7) is 5.67. The first-order valence-corrected chi connectivity index (χ1v) is 6.00. The Morgan fingerprint density at radius 2 is 2.29 bits per heavy atom. The van der Waals surface area contributed by atoms with E-state index in [2.05, 4.69) is 22.9 Å². The predicted molar refractivity (Wildman–Crippen MR) is 70.4 cm³/mol. The van der Waals surface area contributed by atoms with E-state index in [4.69, 9.17) is 0 Å². The van der Waals surface area contributed by atoms with E-state index in [1.54, 1.807) is 0 Å². The number of amides is 1. The third kappa shape index (κ3) is 3.20. The second-order valence-electron chi connectivity index (χ2n) is 4.54. The van der Waals surface area contributed by atoms with E-state index in [1.807, 2.05) is 18.2 Å². The number of aryl methyl sites for hydroxylation is 1. The van der Waals surface area contributed by atoms with Crippen molar-refractivity contribution in [1.29, 1.82) is 0 Å². The highest BCUT2D eigenvalue weighted by Gasteiger charge is 2.14. The highest BCUT2D eigenvalue weighted by Crippen LogP contribution is 2.22. The van der Waals surface area contributed by atoms with Crippen LogP contribution in [0.15, 0.2) is 18.2 Å². The largest absolute Gasteiger partial charge is 0.381 e. The number of carbonyl (C=O) groups excluding carboxylic acids is 1. The van der Waals surface area contributed by atoms with E-state index in [1.165, 1.54) is 12.5 Å². The van der Waals surface area contributed by atoms with Gasteiger partial charge in [-0.15, -0.1) is 0 Å². The van der Waals surface area contributed by atoms with Crippen LogP contribution in [0.2, 0.25) is 0 Å². The van der Waals surface area contributed by atoms with Crippen molar-refractivity contribution in [3.63, 3.8) is 0 Å². The summed E-state index contributed by atoms with van der Waals surface area (Å²) < 4.78 is 0. The van der Waals surface area contributed by atoms with Gasteiger partial charge in [-0.2, -0.15) is 0 Å². The molecule has 1 aliphatic rings. The van der Waals surface area contributed by atoms with E-state index in [0.29, 0.717) is 6.04 Å². The van der Waals surface area contributed by atoms with Crippen molar-refractivity contribution < 1.29 is 4.79 Å². The average molecular weight is 233 g/mol. The number of anilines is 2. The van der Waals surface area contributed by atoms with Gasteiger partial charge in [-0.05, 0) is 37.6 Å². The average Bonchev–Trinajstić information content (AvgIpc) is 2.75. The van der Waals surface area contributed by atoms with Crippen LogP contribution < -0.4 is 16.0 Å². The van der Waals surface area contributed by atoms with Crippen molar-refractivity contribution >= 4 is 17.3 Å². The molecule has 4 heteroatoms. The third-order valence-corrected chi connectivity index (χ3v) is 2.98. The summed E-state index contributed by atoms with van der Waals surface area (Å²) in [5.74, 6) is -0.0395. The summed E-state index contributed by atoms with van der Waals surface area (Å²) in [4.78, 5) is 11.0. The second kappa shape index (κ2) is 5.19. The fourth-order valence-corrected chi connectivity index (χ4v) is 2.06. The summed E-state index contributed by atoms with van der Waals surface area (Å²) in [6.07, 6.45) is 1.14. The molecule has 0 aliphatic carbocycles. The molecule has 0 radical (unpaired) electrons. The van der Waals surface area contributed by atoms with Crippen LogP contribution >= 0.6 is 0 Å². The molecule has 92 valence electrons. The third-order valence-electron chi connectivity index (χ3n) is 2.98. The summed E-state index contributed by atoms with van der Waals surface area (Å²) >= 11 is 0. The van der Waals surface area contributed by atoms with Crippen molar-refractivity contribution in [3.8, 4) is 0 Å². The molecule has 17 heavy (non-hydrogen) atoms. The van der Waals surface area contributed by atoms with Crippen LogP contribution in [-0.2, 0) is 4.79 Å². The monoisotopic (exact) mass is 233 g/mol. The molecule has 1 fully saturated rings. The smallest absolute Gasteiger partial charge is 0.221 e. The lowest BCUT2D eigenvalue weighted by Crippen LogP contribution is -2.22. The molecular formula is C13H19N3O. The highest BCUT2D eigenvalue weighted by molar-refractivity contribution is 5.89. The first-order valence-electron chi connectivity index (χ1n) is 6.00. The zero-order valence-electron chi connectivity index (χ0n) is 10.3. The molecule has 1 aliphatic heterocycles. The summed E-state index contributed by atoms with van der Waals surface area (Å²) in [6, 6.07) is 6.43. The first kappa shape index (κ1) is 11.9. The normalized spacial score (nSPS) is 19.1. The van der Waals surface area contributed by atoms with Gasteiger partial charge in [0.05, 0.1) is 0 Å². The van der Waals surface area contributed by atoms with Crippen molar-refractivity contribution in [2.45, 2.75) is 26.3 Å². The molecule has 1 atom stereocenters. The van der Waals surface area contributed by atoms with Crippen LogP contribution in [0.4, 0.5) is 11.4 Å². The molecule has 3 N–H and O–H groups in total. The summed E-state index contributed by atoms with van der Waals surface area (Å²) in [7, 11) is 0. The van der Waals surface area contributed by atoms with E-state index in [0.717, 1.165) is 30.9 Å². The lowest BCUT2D eigenvalue weighted by Gasteiger charge is -2.16. The number of hydrogen-bond acceptors (Lipinski definition) is 3. The molecule has 1 amide bonds. The van der Waals surface area contributed by atoms with Crippen LogP contribution in [-0.4, -0.2) is 25.0 Å². The minimum atomic E-state index is -0.0395. The number of carbonyl (C=O) groups is 1. The molecule has 0 bridgehead atoms. The molecule has 2 rings (SSSR count). The second-order valence-corrected chi connectivity index (χ2v) is 4.54. The zero-order valence-corrected chi connectivity index (χ0v) is 10.3. The van der Waals surface area contributed by atoms with Gasteiger partial charge in [0.25, 0.3) is 0 Å². The van der Waals surface area contributed by atoms with Gasteiger partial charge in [0, 0.05) is 30.9 Å². The fourth-order valence-electron chi connectivity index (χ4n) is 2.06. The lowest BCUT2D eigenvalue weighted by molar-refractivity contribution is -0.114. The lowest BCUT2D eigenvalue weighted by atomic mass is 10.1. The Labute approximate surface area is 102 Å². The number of benzene rings is 1. The SMILES string of the molecule is CC(=O)Nc1ccc(C)c(NC2CCNC2)c1. The van der Waals surface area contributed by atoms with E-state index in [9.17, 15) is 4.79 Å².